The summed E-state index contributed by atoms with van der Waals surface area (Å²) in [5.74, 6) is -0.224. The molecule has 2 aliphatic rings. The number of nitrogens with zero attached hydrogens (tertiary/aromatic N) is 1. The third-order valence-electron chi connectivity index (χ3n) is 7.29. The number of hydrogen-bond acceptors (Lipinski definition) is 7. The Kier molecular flexibility index (Phi) is 7.73. The SMILES string of the molecule is CC(C)(CCN1C(=O)OC2(CCCCC2)c2ccccc21)NCC(O)c1ccc(O)c(NS(C)(=O)=O)c1. The summed E-state index contributed by atoms with van der Waals surface area (Å²) in [7, 11) is -3.58. The van der Waals surface area contributed by atoms with Crippen LogP contribution in [0.4, 0.5) is 16.2 Å². The van der Waals surface area contributed by atoms with Gasteiger partial charge in [0, 0.05) is 24.2 Å². The maximum atomic E-state index is 13.1. The Labute approximate surface area is 218 Å². The van der Waals surface area contributed by atoms with Crippen LogP contribution < -0.4 is 14.9 Å². The van der Waals surface area contributed by atoms with E-state index in [-0.39, 0.29) is 24.1 Å². The summed E-state index contributed by atoms with van der Waals surface area (Å²) in [6.07, 6.45) is 5.31. The first-order chi connectivity index (χ1) is 17.4. The Morgan fingerprint density at radius 3 is 2.54 bits per heavy atom. The monoisotopic (exact) mass is 531 g/mol. The quantitative estimate of drug-likeness (QED) is 0.354. The van der Waals surface area contributed by atoms with Crippen LogP contribution in [-0.2, 0) is 20.4 Å². The largest absolute Gasteiger partial charge is 0.506 e. The highest BCUT2D eigenvalue weighted by Gasteiger charge is 2.45. The van der Waals surface area contributed by atoms with Crippen LogP contribution in [0.1, 0.15) is 69.6 Å². The van der Waals surface area contributed by atoms with Crippen molar-refractivity contribution in [3.8, 4) is 5.75 Å². The number of phenols is 1. The molecule has 1 aliphatic carbocycles. The molecular weight excluding hydrogens is 494 g/mol. The number of benzene rings is 2. The number of fused-ring (bicyclic) bond motifs is 2. The number of aliphatic hydroxyl groups is 1. The smallest absolute Gasteiger partial charge is 0.415 e. The van der Waals surface area contributed by atoms with Crippen molar-refractivity contribution in [2.45, 2.75) is 69.6 Å². The Bertz CT molecular complexity index is 1240. The lowest BCUT2D eigenvalue weighted by Crippen LogP contribution is -2.50. The summed E-state index contributed by atoms with van der Waals surface area (Å²) in [6, 6.07) is 12.3. The zero-order chi connectivity index (χ0) is 26.8. The minimum Gasteiger partial charge on any atom is -0.506 e. The van der Waals surface area contributed by atoms with Crippen molar-refractivity contribution in [1.82, 2.24) is 5.32 Å². The van der Waals surface area contributed by atoms with E-state index in [1.165, 1.54) is 12.1 Å². The first-order valence-electron chi connectivity index (χ1n) is 12.7. The average Bonchev–Trinajstić information content (AvgIpc) is 2.83. The number of nitrogens with one attached hydrogen (secondary N) is 2. The predicted octanol–water partition coefficient (Wildman–Crippen LogP) is 4.37. The number of aliphatic hydroxyl groups excluding tert-OH is 1. The Morgan fingerprint density at radius 1 is 1.14 bits per heavy atom. The van der Waals surface area contributed by atoms with E-state index in [1.807, 2.05) is 32.0 Å². The molecule has 0 bridgehead atoms. The number of carbonyl (C=O) groups is 1. The topological polar surface area (TPSA) is 128 Å². The lowest BCUT2D eigenvalue weighted by atomic mass is 9.78. The molecular formula is C27H37N3O6S. The maximum Gasteiger partial charge on any atom is 0.415 e. The van der Waals surface area contributed by atoms with Gasteiger partial charge in [-0.05, 0) is 69.7 Å². The summed E-state index contributed by atoms with van der Waals surface area (Å²) in [5.41, 5.74) is 1.51. The second kappa shape index (κ2) is 10.5. The molecule has 2 aromatic carbocycles. The summed E-state index contributed by atoms with van der Waals surface area (Å²) in [6.45, 7) is 4.64. The van der Waals surface area contributed by atoms with E-state index < -0.39 is 27.3 Å². The molecule has 2 aromatic rings. The van der Waals surface area contributed by atoms with E-state index in [1.54, 1.807) is 11.0 Å². The number of para-hydroxylation sites is 1. The summed E-state index contributed by atoms with van der Waals surface area (Å²) < 4.78 is 31.4. The van der Waals surface area contributed by atoms with Crippen LogP contribution in [0.5, 0.6) is 5.75 Å². The van der Waals surface area contributed by atoms with Crippen LogP contribution in [0.3, 0.4) is 0 Å². The predicted molar refractivity (Wildman–Crippen MR) is 143 cm³/mol. The average molecular weight is 532 g/mol. The molecule has 37 heavy (non-hydrogen) atoms. The lowest BCUT2D eigenvalue weighted by molar-refractivity contribution is -0.0231. The third kappa shape index (κ3) is 6.37. The summed E-state index contributed by atoms with van der Waals surface area (Å²) in [4.78, 5) is 14.8. The number of rotatable bonds is 9. The number of anilines is 2. The second-order valence-corrected chi connectivity index (χ2v) is 12.5. The van der Waals surface area contributed by atoms with Gasteiger partial charge in [-0.15, -0.1) is 0 Å². The van der Waals surface area contributed by atoms with Crippen molar-refractivity contribution in [2.75, 3.05) is 29.0 Å². The number of phenolic OH excluding ortho intramolecular Hbond substituents is 1. The second-order valence-electron chi connectivity index (χ2n) is 10.8. The van der Waals surface area contributed by atoms with Gasteiger partial charge in [0.25, 0.3) is 0 Å². The van der Waals surface area contributed by atoms with E-state index in [0.29, 0.717) is 18.5 Å². The molecule has 0 saturated heterocycles. The molecule has 1 amide bonds. The van der Waals surface area contributed by atoms with Gasteiger partial charge in [0.2, 0.25) is 10.0 Å². The highest BCUT2D eigenvalue weighted by atomic mass is 32.2. The van der Waals surface area contributed by atoms with Gasteiger partial charge >= 0.3 is 6.09 Å². The minimum absolute atomic E-state index is 0.0105. The molecule has 0 radical (unpaired) electrons. The number of aromatic hydroxyl groups is 1. The Hall–Kier alpha value is -2.82. The van der Waals surface area contributed by atoms with Gasteiger partial charge in [0.05, 0.1) is 23.7 Å². The van der Waals surface area contributed by atoms with Crippen LogP contribution in [0.25, 0.3) is 0 Å². The van der Waals surface area contributed by atoms with E-state index in [4.69, 9.17) is 4.74 Å². The molecule has 1 fully saturated rings. The molecule has 1 heterocycles. The highest BCUT2D eigenvalue weighted by molar-refractivity contribution is 7.92. The lowest BCUT2D eigenvalue weighted by Gasteiger charge is -2.45. The molecule has 9 nitrogen and oxygen atoms in total. The number of hydrogen-bond donors (Lipinski definition) is 4. The van der Waals surface area contributed by atoms with E-state index >= 15 is 0 Å². The van der Waals surface area contributed by atoms with Crippen LogP contribution in [-0.4, -0.2) is 49.6 Å². The van der Waals surface area contributed by atoms with Crippen molar-refractivity contribution in [3.63, 3.8) is 0 Å². The van der Waals surface area contributed by atoms with Crippen molar-refractivity contribution in [3.05, 3.63) is 53.6 Å². The van der Waals surface area contributed by atoms with Gasteiger partial charge in [-0.2, -0.15) is 0 Å². The van der Waals surface area contributed by atoms with Crippen LogP contribution in [0.2, 0.25) is 0 Å². The van der Waals surface area contributed by atoms with Gasteiger partial charge < -0.3 is 20.3 Å². The molecule has 0 aromatic heterocycles. The Morgan fingerprint density at radius 2 is 1.84 bits per heavy atom. The fourth-order valence-corrected chi connectivity index (χ4v) is 5.75. The molecule has 10 heteroatoms. The van der Waals surface area contributed by atoms with Crippen LogP contribution in [0, 0.1) is 0 Å². The van der Waals surface area contributed by atoms with Crippen LogP contribution >= 0.6 is 0 Å². The molecule has 1 aliphatic heterocycles. The molecule has 1 saturated carbocycles. The first kappa shape index (κ1) is 27.2. The number of amides is 1. The normalized spacial score (nSPS) is 18.3. The molecule has 1 spiro atoms. The first-order valence-corrected chi connectivity index (χ1v) is 14.6. The Balaban J connectivity index is 1.40. The van der Waals surface area contributed by atoms with Gasteiger partial charge in [-0.25, -0.2) is 13.2 Å². The van der Waals surface area contributed by atoms with Crippen molar-refractivity contribution >= 4 is 27.5 Å². The summed E-state index contributed by atoms with van der Waals surface area (Å²) >= 11 is 0. The molecule has 1 atom stereocenters. The molecule has 4 rings (SSSR count). The number of β-amino-alcohol motifs (C(OH)–C–C–N with tert-alkyl or cyclic N) is 1. The van der Waals surface area contributed by atoms with Gasteiger partial charge in [0.15, 0.2) is 0 Å². The van der Waals surface area contributed by atoms with Gasteiger partial charge in [-0.3, -0.25) is 9.62 Å². The standard InChI is InChI=1S/C27H37N3O6S/c1-26(2,28-18-24(32)19-11-12-23(31)21(17-19)29-37(3,34)35)15-16-30-22-10-6-5-9-20(22)27(36-25(30)33)13-7-4-8-14-27/h5-6,9-12,17,24,28-29,31-32H,4,7-8,13-16,18H2,1-3H3. The zero-order valence-corrected chi connectivity index (χ0v) is 22.5. The minimum atomic E-state index is -3.58. The highest BCUT2D eigenvalue weighted by Crippen LogP contribution is 2.47. The molecule has 4 N–H and O–H groups in total. The van der Waals surface area contributed by atoms with Gasteiger partial charge in [0.1, 0.15) is 11.4 Å². The van der Waals surface area contributed by atoms with E-state index in [9.17, 15) is 23.4 Å². The van der Waals surface area contributed by atoms with E-state index in [2.05, 4.69) is 16.1 Å². The van der Waals surface area contributed by atoms with E-state index in [0.717, 1.165) is 49.6 Å². The van der Waals surface area contributed by atoms with Crippen molar-refractivity contribution in [1.29, 1.82) is 0 Å². The molecule has 1 unspecified atom stereocenters. The number of sulfonamides is 1. The summed E-state index contributed by atoms with van der Waals surface area (Å²) in [5, 5.41) is 24.0. The zero-order valence-electron chi connectivity index (χ0n) is 21.7. The fraction of sp³-hybridized carbons (Fsp3) is 0.519. The number of ether oxygens (including phenoxy) is 1. The molecule has 202 valence electrons. The van der Waals surface area contributed by atoms with Gasteiger partial charge in [-0.1, -0.05) is 30.7 Å². The van der Waals surface area contributed by atoms with Crippen molar-refractivity contribution in [2.24, 2.45) is 0 Å². The fourth-order valence-electron chi connectivity index (χ4n) is 5.19. The van der Waals surface area contributed by atoms with Crippen molar-refractivity contribution < 1.29 is 28.2 Å². The van der Waals surface area contributed by atoms with Crippen LogP contribution in [0.15, 0.2) is 42.5 Å². The number of carbonyl (C=O) groups excluding carboxylic acids is 1. The third-order valence-corrected chi connectivity index (χ3v) is 7.88. The maximum absolute atomic E-state index is 13.1.